The number of hydrogen-bond donors (Lipinski definition) is 3. The van der Waals surface area contributed by atoms with E-state index < -0.39 is 18.4 Å². The first-order valence-electron chi connectivity index (χ1n) is 10.9. The molecule has 9 heteroatoms. The number of hydrogen-bond acceptors (Lipinski definition) is 5. The normalized spacial score (nSPS) is 12.4. The maximum Gasteiger partial charge on any atom is 0.397 e. The smallest absolute Gasteiger partial charge is 0.346 e. The third kappa shape index (κ3) is 33.6. The lowest BCUT2D eigenvalue weighted by Crippen LogP contribution is -2.16. The molecule has 1 atom stereocenters. The van der Waals surface area contributed by atoms with Crippen molar-refractivity contribution in [1.29, 1.82) is 0 Å². The van der Waals surface area contributed by atoms with Crippen molar-refractivity contribution >= 4 is 18.4 Å². The summed E-state index contributed by atoms with van der Waals surface area (Å²) in [5.41, 5.74) is 0. The van der Waals surface area contributed by atoms with Crippen LogP contribution in [0.2, 0.25) is 0 Å². The summed E-state index contributed by atoms with van der Waals surface area (Å²) in [5, 5.41) is 3.21. The monoisotopic (exact) mass is 445 g/mol. The number of unbranched alkanes of at least 4 members (excludes halogenated alkanes) is 10. The Bertz CT molecular complexity index is 434. The molecule has 7 nitrogen and oxygen atoms in total. The average molecular weight is 446 g/mol. The first-order chi connectivity index (χ1) is 13.3. The minimum atomic E-state index is -4.23. The Balaban J connectivity index is 0. The third-order valence-electron chi connectivity index (χ3n) is 4.18. The van der Waals surface area contributed by atoms with E-state index in [4.69, 9.17) is 9.45 Å². The van der Waals surface area contributed by atoms with Gasteiger partial charge in [0.2, 0.25) is 0 Å². The van der Waals surface area contributed by atoms with Crippen LogP contribution in [0.3, 0.4) is 0 Å². The largest absolute Gasteiger partial charge is 0.397 e. The van der Waals surface area contributed by atoms with Crippen LogP contribution < -0.4 is 5.32 Å². The van der Waals surface area contributed by atoms with Gasteiger partial charge in [0.25, 0.3) is 0 Å². The van der Waals surface area contributed by atoms with Crippen molar-refractivity contribution in [2.24, 2.45) is 0 Å². The summed E-state index contributed by atoms with van der Waals surface area (Å²) >= 11 is 0. The van der Waals surface area contributed by atoms with Gasteiger partial charge in [-0.3, -0.25) is 9.12 Å². The highest BCUT2D eigenvalue weighted by Crippen LogP contribution is 2.12. The van der Waals surface area contributed by atoms with Crippen molar-refractivity contribution in [1.82, 2.24) is 5.32 Å². The van der Waals surface area contributed by atoms with E-state index >= 15 is 0 Å². The van der Waals surface area contributed by atoms with Gasteiger partial charge in [-0.25, -0.2) is 4.18 Å². The molecule has 0 radical (unpaired) electrons. The highest BCUT2D eigenvalue weighted by molar-refractivity contribution is 7.80. The molecule has 0 aromatic rings. The van der Waals surface area contributed by atoms with Crippen LogP contribution in [0.15, 0.2) is 0 Å². The maximum absolute atomic E-state index is 10.2. The van der Waals surface area contributed by atoms with Crippen molar-refractivity contribution < 1.29 is 26.6 Å². The molecule has 3 N–H and O–H groups in total. The quantitative estimate of drug-likeness (QED) is 0.146. The zero-order valence-electron chi connectivity index (χ0n) is 18.0. The minimum absolute atomic E-state index is 0.0926. The molecular weight excluding hydrogens is 401 g/mol. The van der Waals surface area contributed by atoms with Gasteiger partial charge in [-0.15, -0.1) is 0 Å². The van der Waals surface area contributed by atoms with Crippen molar-refractivity contribution in [2.75, 3.05) is 25.9 Å². The van der Waals surface area contributed by atoms with Gasteiger partial charge in [0, 0.05) is 6.16 Å². The first-order valence-corrected chi connectivity index (χ1v) is 13.8. The van der Waals surface area contributed by atoms with E-state index in [0.29, 0.717) is 12.6 Å². The summed E-state index contributed by atoms with van der Waals surface area (Å²) in [6.07, 6.45) is 15.5. The molecule has 0 saturated carbocycles. The molecule has 1 unspecified atom stereocenters. The molecule has 0 fully saturated rings. The van der Waals surface area contributed by atoms with Crippen LogP contribution in [0.1, 0.15) is 97.3 Å². The molecule has 0 aliphatic rings. The highest BCUT2D eigenvalue weighted by atomic mass is 32.3. The molecule has 172 valence electrons. The van der Waals surface area contributed by atoms with Gasteiger partial charge in [-0.1, -0.05) is 78.1 Å². The van der Waals surface area contributed by atoms with Gasteiger partial charge >= 0.3 is 10.4 Å². The molecule has 0 spiro atoms. The fraction of sp³-hybridized carbons (Fsp3) is 1.00. The van der Waals surface area contributed by atoms with Crippen molar-refractivity contribution in [3.63, 3.8) is 0 Å². The standard InChI is InChI=1S/C12H26O4S.C7H18NO2P/c1-2-3-4-5-6-7-8-9-10-11-12-16-17(13,14)15;1-2-3-5-8-6-4-7-11(9)10/h2-12H2,1H3,(H,13,14,15);8,11H,2-7H2,1H3,(H,9,10). The Morgan fingerprint density at radius 2 is 1.25 bits per heavy atom. The molecule has 0 amide bonds. The lowest BCUT2D eigenvalue weighted by atomic mass is 10.1. The Morgan fingerprint density at radius 1 is 0.786 bits per heavy atom. The van der Waals surface area contributed by atoms with Crippen molar-refractivity contribution in [3.05, 3.63) is 0 Å². The molecule has 0 saturated heterocycles. The van der Waals surface area contributed by atoms with Crippen molar-refractivity contribution in [2.45, 2.75) is 97.3 Å². The van der Waals surface area contributed by atoms with E-state index in [-0.39, 0.29) is 6.61 Å². The second kappa shape index (κ2) is 23.3. The SMILES string of the molecule is CCCCCCCCCCCCOS(=O)(=O)O.CCCCNCCC[PH](=O)O. The van der Waals surface area contributed by atoms with Gasteiger partial charge in [0.15, 0.2) is 8.03 Å². The summed E-state index contributed by atoms with van der Waals surface area (Å²) in [4.78, 5) is 8.47. The second-order valence-electron chi connectivity index (χ2n) is 7.03. The van der Waals surface area contributed by atoms with Crippen LogP contribution >= 0.6 is 8.03 Å². The Labute approximate surface area is 173 Å². The Kier molecular flexibility index (Phi) is 25.1. The van der Waals surface area contributed by atoms with E-state index in [2.05, 4.69) is 23.3 Å². The fourth-order valence-corrected chi connectivity index (χ4v) is 3.35. The molecule has 0 heterocycles. The van der Waals surface area contributed by atoms with Crippen LogP contribution in [-0.2, 0) is 19.1 Å². The van der Waals surface area contributed by atoms with E-state index in [9.17, 15) is 13.0 Å². The second-order valence-corrected chi connectivity index (χ2v) is 9.41. The number of nitrogens with one attached hydrogen (secondary N) is 1. The zero-order valence-corrected chi connectivity index (χ0v) is 19.8. The predicted molar refractivity (Wildman–Crippen MR) is 118 cm³/mol. The summed E-state index contributed by atoms with van der Waals surface area (Å²) in [5.74, 6) is 0. The summed E-state index contributed by atoms with van der Waals surface area (Å²) in [6.45, 7) is 6.36. The molecule has 0 aliphatic heterocycles. The van der Waals surface area contributed by atoms with Gasteiger partial charge in [0.1, 0.15) is 0 Å². The van der Waals surface area contributed by atoms with Crippen LogP contribution in [0.25, 0.3) is 0 Å². The van der Waals surface area contributed by atoms with E-state index in [1.54, 1.807) is 0 Å². The lowest BCUT2D eigenvalue weighted by molar-refractivity contribution is 0.261. The van der Waals surface area contributed by atoms with Gasteiger partial charge in [-0.2, -0.15) is 8.42 Å². The Hall–Kier alpha value is 0.0200. The molecule has 28 heavy (non-hydrogen) atoms. The van der Waals surface area contributed by atoms with E-state index in [1.165, 1.54) is 57.8 Å². The first kappa shape index (κ1) is 30.2. The van der Waals surface area contributed by atoms with Crippen molar-refractivity contribution in [3.8, 4) is 0 Å². The molecular formula is C19H44NO6PS. The van der Waals surface area contributed by atoms with Crippen LogP contribution in [0.4, 0.5) is 0 Å². The molecule has 0 rings (SSSR count). The van der Waals surface area contributed by atoms with Gasteiger partial charge in [-0.05, 0) is 32.4 Å². The fourth-order valence-electron chi connectivity index (χ4n) is 2.55. The minimum Gasteiger partial charge on any atom is -0.346 e. The number of rotatable bonds is 19. The maximum atomic E-state index is 10.2. The van der Waals surface area contributed by atoms with E-state index in [1.807, 2.05) is 0 Å². The Morgan fingerprint density at radius 3 is 1.71 bits per heavy atom. The van der Waals surface area contributed by atoms with Gasteiger partial charge < -0.3 is 10.2 Å². The lowest BCUT2D eigenvalue weighted by Gasteiger charge is -2.02. The van der Waals surface area contributed by atoms with Gasteiger partial charge in [0.05, 0.1) is 6.61 Å². The van der Waals surface area contributed by atoms with Crippen LogP contribution in [0.5, 0.6) is 0 Å². The van der Waals surface area contributed by atoms with E-state index in [0.717, 1.165) is 32.4 Å². The predicted octanol–water partition coefficient (Wildman–Crippen LogP) is 4.96. The molecule has 0 aliphatic carbocycles. The average Bonchev–Trinajstić information content (AvgIpc) is 2.62. The van der Waals surface area contributed by atoms with Crippen LogP contribution in [-0.4, -0.2) is 43.7 Å². The molecule has 0 aromatic heterocycles. The summed E-state index contributed by atoms with van der Waals surface area (Å²) < 4.78 is 43.2. The molecule has 0 bridgehead atoms. The zero-order chi connectivity index (χ0) is 21.5. The third-order valence-corrected chi connectivity index (χ3v) is 5.43. The topological polar surface area (TPSA) is 113 Å². The highest BCUT2D eigenvalue weighted by Gasteiger charge is 2.02. The van der Waals surface area contributed by atoms with Crippen LogP contribution in [0, 0.1) is 0 Å². The summed E-state index contributed by atoms with van der Waals surface area (Å²) in [7, 11) is -6.45. The summed E-state index contributed by atoms with van der Waals surface area (Å²) in [6, 6.07) is 0. The molecule has 0 aromatic carbocycles.